The average molecular weight is 230 g/mol. The summed E-state index contributed by atoms with van der Waals surface area (Å²) in [5.41, 5.74) is 0. The van der Waals surface area contributed by atoms with Crippen LogP contribution >= 0.6 is 11.8 Å². The minimum atomic E-state index is 0. The van der Waals surface area contributed by atoms with E-state index in [2.05, 4.69) is 11.2 Å². The second-order valence-electron chi connectivity index (χ2n) is 3.02. The van der Waals surface area contributed by atoms with Gasteiger partial charge in [-0.3, -0.25) is 0 Å². The molecule has 0 rings (SSSR count). The summed E-state index contributed by atoms with van der Waals surface area (Å²) in [5.74, 6) is 1.07. The second-order valence-corrected chi connectivity index (χ2v) is 4.01. The van der Waals surface area contributed by atoms with E-state index in [1.165, 1.54) is 0 Å². The SMILES string of the molecule is CSCCOCCOCCN(C)C.[Na+]. The van der Waals surface area contributed by atoms with Crippen LogP contribution in [0.4, 0.5) is 0 Å². The summed E-state index contributed by atoms with van der Waals surface area (Å²) in [6.07, 6.45) is 2.08. The largest absolute Gasteiger partial charge is 1.00 e. The molecule has 3 nitrogen and oxygen atoms in total. The van der Waals surface area contributed by atoms with E-state index in [0.29, 0.717) is 13.2 Å². The Morgan fingerprint density at radius 1 is 1.00 bits per heavy atom. The zero-order chi connectivity index (χ0) is 9.94. The minimum Gasteiger partial charge on any atom is -0.378 e. The van der Waals surface area contributed by atoms with Gasteiger partial charge in [0.1, 0.15) is 0 Å². The number of ether oxygens (including phenoxy) is 2. The Balaban J connectivity index is 0. The molecule has 0 bridgehead atoms. The topological polar surface area (TPSA) is 21.7 Å². The first kappa shape index (κ1) is 17.6. The normalized spacial score (nSPS) is 10.3. The fourth-order valence-electron chi connectivity index (χ4n) is 0.711. The van der Waals surface area contributed by atoms with Crippen molar-refractivity contribution in [1.82, 2.24) is 4.90 Å². The maximum absolute atomic E-state index is 5.35. The third-order valence-corrected chi connectivity index (χ3v) is 2.06. The van der Waals surface area contributed by atoms with Crippen molar-refractivity contribution in [3.8, 4) is 0 Å². The van der Waals surface area contributed by atoms with E-state index in [4.69, 9.17) is 9.47 Å². The third kappa shape index (κ3) is 15.7. The Morgan fingerprint density at radius 2 is 1.57 bits per heavy atom. The van der Waals surface area contributed by atoms with Crippen LogP contribution in [0.3, 0.4) is 0 Å². The molecule has 0 spiro atoms. The first-order valence-electron chi connectivity index (χ1n) is 4.56. The van der Waals surface area contributed by atoms with Crippen LogP contribution in [-0.4, -0.2) is 64.0 Å². The number of hydrogen-bond acceptors (Lipinski definition) is 4. The van der Waals surface area contributed by atoms with E-state index in [1.54, 1.807) is 11.8 Å². The van der Waals surface area contributed by atoms with E-state index >= 15 is 0 Å². The summed E-state index contributed by atoms with van der Waals surface area (Å²) in [5, 5.41) is 0. The molecule has 0 unspecified atom stereocenters. The van der Waals surface area contributed by atoms with Crippen LogP contribution in [0.5, 0.6) is 0 Å². The van der Waals surface area contributed by atoms with Crippen LogP contribution in [0.2, 0.25) is 0 Å². The van der Waals surface area contributed by atoms with Gasteiger partial charge in [-0.1, -0.05) is 0 Å². The van der Waals surface area contributed by atoms with Gasteiger partial charge in [0.05, 0.1) is 26.4 Å². The molecule has 0 N–H and O–H groups in total. The molecule has 0 saturated carbocycles. The van der Waals surface area contributed by atoms with E-state index < -0.39 is 0 Å². The number of likely N-dealkylation sites (N-methyl/N-ethyl adjacent to an activating group) is 1. The fourth-order valence-corrected chi connectivity index (χ4v) is 0.996. The van der Waals surface area contributed by atoms with Crippen LogP contribution in [0.15, 0.2) is 0 Å². The van der Waals surface area contributed by atoms with E-state index in [1.807, 2.05) is 14.1 Å². The van der Waals surface area contributed by atoms with Crippen molar-refractivity contribution in [2.24, 2.45) is 0 Å². The summed E-state index contributed by atoms with van der Waals surface area (Å²) in [6, 6.07) is 0. The van der Waals surface area contributed by atoms with Crippen molar-refractivity contribution >= 4 is 11.8 Å². The van der Waals surface area contributed by atoms with Gasteiger partial charge in [0.15, 0.2) is 0 Å². The minimum absolute atomic E-state index is 0. The molecular weight excluding hydrogens is 209 g/mol. The monoisotopic (exact) mass is 230 g/mol. The van der Waals surface area contributed by atoms with Gasteiger partial charge >= 0.3 is 29.6 Å². The predicted molar refractivity (Wildman–Crippen MR) is 58.6 cm³/mol. The summed E-state index contributed by atoms with van der Waals surface area (Å²) in [4.78, 5) is 2.11. The van der Waals surface area contributed by atoms with E-state index in [-0.39, 0.29) is 29.6 Å². The summed E-state index contributed by atoms with van der Waals surface area (Å²) >= 11 is 1.80. The molecule has 0 radical (unpaired) electrons. The van der Waals surface area contributed by atoms with Gasteiger partial charge in [0, 0.05) is 12.3 Å². The maximum Gasteiger partial charge on any atom is 1.00 e. The van der Waals surface area contributed by atoms with Gasteiger partial charge in [-0.2, -0.15) is 11.8 Å². The Morgan fingerprint density at radius 3 is 2.07 bits per heavy atom. The molecule has 0 heterocycles. The van der Waals surface area contributed by atoms with Crippen molar-refractivity contribution in [3.63, 3.8) is 0 Å². The van der Waals surface area contributed by atoms with Crippen molar-refractivity contribution in [3.05, 3.63) is 0 Å². The Labute approximate surface area is 114 Å². The van der Waals surface area contributed by atoms with Gasteiger partial charge in [0.2, 0.25) is 0 Å². The zero-order valence-electron chi connectivity index (χ0n) is 9.91. The second kappa shape index (κ2) is 14.2. The molecule has 14 heavy (non-hydrogen) atoms. The Hall–Kier alpha value is 1.23. The molecule has 0 amide bonds. The first-order chi connectivity index (χ1) is 6.27. The summed E-state index contributed by atoms with van der Waals surface area (Å²) in [7, 11) is 4.08. The molecule has 0 aromatic carbocycles. The van der Waals surface area contributed by atoms with Gasteiger partial charge in [-0.25, -0.2) is 0 Å². The summed E-state index contributed by atoms with van der Waals surface area (Å²) in [6.45, 7) is 4.03. The molecule has 80 valence electrons. The quantitative estimate of drug-likeness (QED) is 0.336. The van der Waals surface area contributed by atoms with Gasteiger partial charge in [0.25, 0.3) is 0 Å². The molecule has 0 aliphatic rings. The van der Waals surface area contributed by atoms with Gasteiger partial charge in [-0.05, 0) is 20.4 Å². The Bertz CT molecular complexity index is 107. The molecule has 0 atom stereocenters. The number of thioether (sulfide) groups is 1. The van der Waals surface area contributed by atoms with Crippen LogP contribution < -0.4 is 29.6 Å². The molecular formula is C9H21NNaO2S+. The standard InChI is InChI=1S/C9H21NO2S.Na/c1-10(2)4-5-11-6-7-12-8-9-13-3;/h4-9H2,1-3H3;/q;+1. The van der Waals surface area contributed by atoms with Crippen LogP contribution in [-0.2, 0) is 9.47 Å². The fraction of sp³-hybridized carbons (Fsp3) is 1.00. The third-order valence-electron chi connectivity index (χ3n) is 1.49. The molecule has 0 aromatic rings. The zero-order valence-corrected chi connectivity index (χ0v) is 12.7. The number of rotatable bonds is 9. The van der Waals surface area contributed by atoms with Gasteiger partial charge in [-0.15, -0.1) is 0 Å². The molecule has 5 heteroatoms. The van der Waals surface area contributed by atoms with Crippen LogP contribution in [0, 0.1) is 0 Å². The number of nitrogens with zero attached hydrogens (tertiary/aromatic N) is 1. The van der Waals surface area contributed by atoms with Crippen molar-refractivity contribution in [2.45, 2.75) is 0 Å². The van der Waals surface area contributed by atoms with Gasteiger partial charge < -0.3 is 14.4 Å². The van der Waals surface area contributed by atoms with Crippen LogP contribution in [0.25, 0.3) is 0 Å². The van der Waals surface area contributed by atoms with E-state index in [9.17, 15) is 0 Å². The number of hydrogen-bond donors (Lipinski definition) is 0. The Kier molecular flexibility index (Phi) is 17.9. The van der Waals surface area contributed by atoms with Crippen molar-refractivity contribution in [1.29, 1.82) is 0 Å². The average Bonchev–Trinajstić information content (AvgIpc) is 2.09. The summed E-state index contributed by atoms with van der Waals surface area (Å²) < 4.78 is 10.7. The predicted octanol–water partition coefficient (Wildman–Crippen LogP) is -2.05. The van der Waals surface area contributed by atoms with Crippen molar-refractivity contribution < 1.29 is 39.0 Å². The molecule has 0 saturated heterocycles. The van der Waals surface area contributed by atoms with E-state index in [0.717, 1.165) is 25.5 Å². The molecule has 0 aliphatic carbocycles. The first-order valence-corrected chi connectivity index (χ1v) is 5.96. The van der Waals surface area contributed by atoms with Crippen molar-refractivity contribution in [2.75, 3.05) is 59.1 Å². The molecule has 0 fully saturated rings. The molecule has 0 aliphatic heterocycles. The smallest absolute Gasteiger partial charge is 0.378 e. The molecule has 0 aromatic heterocycles. The maximum atomic E-state index is 5.35. The van der Waals surface area contributed by atoms with Crippen LogP contribution in [0.1, 0.15) is 0 Å².